The van der Waals surface area contributed by atoms with Crippen LogP contribution in [0.3, 0.4) is 0 Å². The minimum absolute atomic E-state index is 0.142. The molecule has 10 heteroatoms. The second kappa shape index (κ2) is 11.0. The van der Waals surface area contributed by atoms with Crippen LogP contribution in [0.5, 0.6) is 0 Å². The molecule has 1 atom stereocenters. The lowest BCUT2D eigenvalue weighted by atomic mass is 9.97. The Bertz CT molecular complexity index is 1590. The van der Waals surface area contributed by atoms with Crippen LogP contribution >= 0.6 is 11.6 Å². The molecule has 38 heavy (non-hydrogen) atoms. The summed E-state index contributed by atoms with van der Waals surface area (Å²) in [5.41, 5.74) is 4.86. The van der Waals surface area contributed by atoms with Gasteiger partial charge < -0.3 is 19.5 Å². The quantitative estimate of drug-likeness (QED) is 0.226. The average molecular weight is 531 g/mol. The maximum Gasteiger partial charge on any atom is 0.412 e. The van der Waals surface area contributed by atoms with E-state index < -0.39 is 18.5 Å². The average Bonchev–Trinajstić information content (AvgIpc) is 3.36. The molecule has 2 heterocycles. The Morgan fingerprint density at radius 2 is 1.82 bits per heavy atom. The highest BCUT2D eigenvalue weighted by Gasteiger charge is 2.21. The van der Waals surface area contributed by atoms with Gasteiger partial charge in [-0.25, -0.2) is 14.8 Å². The fourth-order valence-corrected chi connectivity index (χ4v) is 4.52. The van der Waals surface area contributed by atoms with Gasteiger partial charge in [0.15, 0.2) is 12.1 Å². The number of aromatic nitrogens is 3. The van der Waals surface area contributed by atoms with Gasteiger partial charge in [0.25, 0.3) is 0 Å². The monoisotopic (exact) mass is 530 g/mol. The van der Waals surface area contributed by atoms with Gasteiger partial charge >= 0.3 is 6.09 Å². The number of carbonyl (C=O) groups excluding carboxylic acids is 1. The van der Waals surface area contributed by atoms with Crippen LogP contribution in [0.15, 0.2) is 83.9 Å². The van der Waals surface area contributed by atoms with Crippen molar-refractivity contribution < 1.29 is 24.3 Å². The topological polar surface area (TPSA) is 131 Å². The van der Waals surface area contributed by atoms with Crippen molar-refractivity contribution in [3.8, 4) is 22.5 Å². The number of ether oxygens (including phenoxy) is 1. The van der Waals surface area contributed by atoms with Gasteiger partial charge in [-0.1, -0.05) is 65.3 Å². The molecule has 5 aromatic rings. The highest BCUT2D eigenvalue weighted by Crippen LogP contribution is 2.37. The summed E-state index contributed by atoms with van der Waals surface area (Å²) in [4.78, 5) is 21.4. The molecule has 5 rings (SSSR count). The number of benzene rings is 3. The van der Waals surface area contributed by atoms with E-state index in [2.05, 4.69) is 20.4 Å². The molecule has 3 aromatic carbocycles. The van der Waals surface area contributed by atoms with E-state index in [-0.39, 0.29) is 6.42 Å². The first-order chi connectivity index (χ1) is 18.4. The Morgan fingerprint density at radius 3 is 2.58 bits per heavy atom. The zero-order chi connectivity index (χ0) is 26.6. The Kier molecular flexibility index (Phi) is 7.32. The van der Waals surface area contributed by atoms with Crippen molar-refractivity contribution in [3.63, 3.8) is 0 Å². The molecule has 0 bridgehead atoms. The number of aliphatic hydroxyl groups is 2. The van der Waals surface area contributed by atoms with Gasteiger partial charge in [-0.05, 0) is 30.2 Å². The Balaban J connectivity index is 1.42. The van der Waals surface area contributed by atoms with Gasteiger partial charge in [0.2, 0.25) is 0 Å². The summed E-state index contributed by atoms with van der Waals surface area (Å²) in [7, 11) is 0. The number of aliphatic hydroxyl groups excluding tert-OH is 1. The molecule has 1 amide bonds. The Morgan fingerprint density at radius 1 is 1.05 bits per heavy atom. The van der Waals surface area contributed by atoms with Crippen molar-refractivity contribution in [2.45, 2.75) is 25.7 Å². The van der Waals surface area contributed by atoms with Crippen molar-refractivity contribution >= 4 is 34.3 Å². The first kappa shape index (κ1) is 25.3. The molecular formula is C28H23ClN4O5. The summed E-state index contributed by atoms with van der Waals surface area (Å²) in [5.74, 6) is 0.325. The SMILES string of the molecule is CC(OC(=O)Nc1cnoc1-c1ccc(-c2ccc(CC(O)O)cc2)c2ncncc12)c1ccccc1Cl. The lowest BCUT2D eigenvalue weighted by Crippen LogP contribution is -2.16. The molecular weight excluding hydrogens is 508 g/mol. The Labute approximate surface area is 222 Å². The zero-order valence-corrected chi connectivity index (χ0v) is 21.0. The summed E-state index contributed by atoms with van der Waals surface area (Å²) in [6.07, 6.45) is 1.99. The van der Waals surface area contributed by atoms with E-state index in [1.54, 1.807) is 31.3 Å². The predicted octanol–water partition coefficient (Wildman–Crippen LogP) is 5.77. The smallest absolute Gasteiger partial charge is 0.412 e. The van der Waals surface area contributed by atoms with E-state index in [9.17, 15) is 15.0 Å². The maximum atomic E-state index is 12.7. The molecule has 9 nitrogen and oxygen atoms in total. The fourth-order valence-electron chi connectivity index (χ4n) is 4.23. The third-order valence-corrected chi connectivity index (χ3v) is 6.38. The number of nitrogens with one attached hydrogen (secondary N) is 1. The summed E-state index contributed by atoms with van der Waals surface area (Å²) >= 11 is 6.22. The van der Waals surface area contributed by atoms with Gasteiger partial charge in [0.1, 0.15) is 18.1 Å². The molecule has 3 N–H and O–H groups in total. The number of anilines is 1. The van der Waals surface area contributed by atoms with Crippen LogP contribution < -0.4 is 5.32 Å². The number of halogens is 1. The number of rotatable bonds is 7. The summed E-state index contributed by atoms with van der Waals surface area (Å²) in [6.45, 7) is 1.73. The lowest BCUT2D eigenvalue weighted by Gasteiger charge is -2.15. The highest BCUT2D eigenvalue weighted by molar-refractivity contribution is 6.31. The predicted molar refractivity (Wildman–Crippen MR) is 142 cm³/mol. The Hall–Kier alpha value is -4.31. The van der Waals surface area contributed by atoms with Crippen LogP contribution in [0, 0.1) is 0 Å². The van der Waals surface area contributed by atoms with Crippen LogP contribution in [0.1, 0.15) is 24.2 Å². The van der Waals surface area contributed by atoms with Crippen LogP contribution in [0.25, 0.3) is 33.4 Å². The van der Waals surface area contributed by atoms with Gasteiger partial charge in [-0.3, -0.25) is 5.32 Å². The highest BCUT2D eigenvalue weighted by atomic mass is 35.5. The first-order valence-electron chi connectivity index (χ1n) is 11.8. The number of carbonyl (C=O) groups is 1. The van der Waals surface area contributed by atoms with Crippen molar-refractivity contribution in [2.75, 3.05) is 5.32 Å². The van der Waals surface area contributed by atoms with Crippen LogP contribution in [-0.2, 0) is 11.2 Å². The number of hydrogen-bond acceptors (Lipinski definition) is 8. The fraction of sp³-hybridized carbons (Fsp3) is 0.143. The second-order valence-electron chi connectivity index (χ2n) is 8.59. The number of fused-ring (bicyclic) bond motifs is 1. The second-order valence-corrected chi connectivity index (χ2v) is 9.00. The molecule has 0 saturated carbocycles. The zero-order valence-electron chi connectivity index (χ0n) is 20.2. The molecule has 2 aromatic heterocycles. The lowest BCUT2D eigenvalue weighted by molar-refractivity contribution is -0.0381. The molecule has 0 radical (unpaired) electrons. The summed E-state index contributed by atoms with van der Waals surface area (Å²) < 4.78 is 11.0. The van der Waals surface area contributed by atoms with Gasteiger partial charge in [0.05, 0.1) is 11.7 Å². The van der Waals surface area contributed by atoms with Crippen LogP contribution in [0.4, 0.5) is 10.5 Å². The number of amides is 1. The standard InChI is InChI=1S/C28H23ClN4O5/c1-16(19-4-2-3-5-23(19)29)37-28(36)33-24-14-32-38-27(24)21-11-10-20(26-22(21)13-30-15-31-26)18-8-6-17(7-9-18)12-25(34)35/h2-11,13-16,25,34-35H,12H2,1H3,(H,33,36). The van der Waals surface area contributed by atoms with Crippen molar-refractivity contribution in [2.24, 2.45) is 0 Å². The minimum Gasteiger partial charge on any atom is -0.441 e. The summed E-state index contributed by atoms with van der Waals surface area (Å²) in [6, 6.07) is 18.4. The molecule has 0 aliphatic carbocycles. The minimum atomic E-state index is -1.41. The van der Waals surface area contributed by atoms with E-state index in [4.69, 9.17) is 20.9 Å². The first-order valence-corrected chi connectivity index (χ1v) is 12.1. The molecule has 0 spiro atoms. The summed E-state index contributed by atoms with van der Waals surface area (Å²) in [5, 5.41) is 26.2. The number of hydrogen-bond donors (Lipinski definition) is 3. The van der Waals surface area contributed by atoms with Gasteiger partial charge in [-0.2, -0.15) is 0 Å². The van der Waals surface area contributed by atoms with Crippen molar-refractivity contribution in [1.29, 1.82) is 0 Å². The maximum absolute atomic E-state index is 12.7. The third kappa shape index (κ3) is 5.35. The third-order valence-electron chi connectivity index (χ3n) is 6.04. The molecule has 0 fully saturated rings. The van der Waals surface area contributed by atoms with Gasteiger partial charge in [0, 0.05) is 39.7 Å². The molecule has 0 aliphatic heterocycles. The molecule has 192 valence electrons. The normalized spacial score (nSPS) is 12.0. The van der Waals surface area contributed by atoms with E-state index in [1.165, 1.54) is 12.5 Å². The molecule has 1 unspecified atom stereocenters. The van der Waals surface area contributed by atoms with E-state index in [0.717, 1.165) is 16.7 Å². The van der Waals surface area contributed by atoms with E-state index in [1.807, 2.05) is 42.5 Å². The van der Waals surface area contributed by atoms with Crippen LogP contribution in [0.2, 0.25) is 5.02 Å². The van der Waals surface area contributed by atoms with Crippen molar-refractivity contribution in [3.05, 3.63) is 95.5 Å². The molecule has 0 aliphatic rings. The van der Waals surface area contributed by atoms with Crippen molar-refractivity contribution in [1.82, 2.24) is 15.1 Å². The largest absolute Gasteiger partial charge is 0.441 e. The van der Waals surface area contributed by atoms with Gasteiger partial charge in [-0.15, -0.1) is 0 Å². The molecule has 0 saturated heterocycles. The van der Waals surface area contributed by atoms with E-state index in [0.29, 0.717) is 38.5 Å². The number of nitrogens with zero attached hydrogens (tertiary/aromatic N) is 3. The van der Waals surface area contributed by atoms with Crippen LogP contribution in [-0.4, -0.2) is 37.7 Å². The van der Waals surface area contributed by atoms with E-state index >= 15 is 0 Å².